The van der Waals surface area contributed by atoms with Gasteiger partial charge in [0.05, 0.1) is 22.0 Å². The van der Waals surface area contributed by atoms with Gasteiger partial charge in [0.15, 0.2) is 0 Å². The molecule has 1 aromatic heterocycles. The topological polar surface area (TPSA) is 80.3 Å². The summed E-state index contributed by atoms with van der Waals surface area (Å²) in [6.45, 7) is 1.80. The molecule has 0 aliphatic carbocycles. The van der Waals surface area contributed by atoms with E-state index in [0.29, 0.717) is 34.3 Å². The number of para-hydroxylation sites is 1. The van der Waals surface area contributed by atoms with E-state index in [1.165, 1.54) is 18.2 Å². The van der Waals surface area contributed by atoms with Gasteiger partial charge < -0.3 is 9.46 Å². The molecule has 6 nitrogen and oxygen atoms in total. The number of piperidine rings is 1. The van der Waals surface area contributed by atoms with Crippen LogP contribution in [0.3, 0.4) is 0 Å². The second kappa shape index (κ2) is 8.70. The normalized spacial score (nSPS) is 16.7. The van der Waals surface area contributed by atoms with E-state index in [9.17, 15) is 22.8 Å². The standard InChI is InChI=1S/C22H18F3N3O3S/c1-12-14(13-9-10-20(29)27-21(13)30)11-15-16(26-12)5-4-6-17(15)28-32-19-8-3-2-7-18(19)31-22(23,24)25/h2-8,11,13,28H,9-10H2,1H3,(H,27,29,30). The molecule has 1 atom stereocenters. The minimum Gasteiger partial charge on any atom is -0.405 e. The molecular formula is C22H18F3N3O3S. The number of pyridine rings is 1. The van der Waals surface area contributed by atoms with Crippen LogP contribution in [-0.4, -0.2) is 23.2 Å². The number of nitrogens with one attached hydrogen (secondary N) is 2. The highest BCUT2D eigenvalue weighted by atomic mass is 32.2. The van der Waals surface area contributed by atoms with Crippen molar-refractivity contribution in [2.24, 2.45) is 0 Å². The Morgan fingerprint density at radius 2 is 1.94 bits per heavy atom. The number of imide groups is 1. The summed E-state index contributed by atoms with van der Waals surface area (Å²) in [7, 11) is 0. The first-order valence-electron chi connectivity index (χ1n) is 9.73. The molecule has 10 heteroatoms. The van der Waals surface area contributed by atoms with Gasteiger partial charge >= 0.3 is 6.36 Å². The van der Waals surface area contributed by atoms with E-state index in [1.807, 2.05) is 12.1 Å². The average molecular weight is 461 g/mol. The molecule has 166 valence electrons. The third-order valence-electron chi connectivity index (χ3n) is 5.05. The molecule has 32 heavy (non-hydrogen) atoms. The number of aryl methyl sites for hydroxylation is 1. The summed E-state index contributed by atoms with van der Waals surface area (Å²) in [6.07, 6.45) is -4.15. The van der Waals surface area contributed by atoms with Gasteiger partial charge in [-0.05, 0) is 61.2 Å². The molecule has 4 rings (SSSR count). The number of ether oxygens (including phenoxy) is 1. The van der Waals surface area contributed by atoms with Crippen molar-refractivity contribution in [1.29, 1.82) is 0 Å². The van der Waals surface area contributed by atoms with Crippen molar-refractivity contribution in [1.82, 2.24) is 10.3 Å². The van der Waals surface area contributed by atoms with Crippen LogP contribution in [0.5, 0.6) is 5.75 Å². The van der Waals surface area contributed by atoms with Gasteiger partial charge in [0, 0.05) is 17.5 Å². The lowest BCUT2D eigenvalue weighted by Crippen LogP contribution is -2.39. The van der Waals surface area contributed by atoms with Crippen molar-refractivity contribution < 1.29 is 27.5 Å². The molecule has 1 fully saturated rings. The second-order valence-electron chi connectivity index (χ2n) is 7.24. The lowest BCUT2D eigenvalue weighted by Gasteiger charge is -2.23. The number of hydrogen-bond acceptors (Lipinski definition) is 6. The van der Waals surface area contributed by atoms with Gasteiger partial charge in [-0.3, -0.25) is 19.9 Å². The summed E-state index contributed by atoms with van der Waals surface area (Å²) in [5, 5.41) is 3.07. The van der Waals surface area contributed by atoms with Gasteiger partial charge in [0.2, 0.25) is 11.8 Å². The Morgan fingerprint density at radius 1 is 1.16 bits per heavy atom. The zero-order valence-corrected chi connectivity index (χ0v) is 17.6. The van der Waals surface area contributed by atoms with Crippen LogP contribution in [0.4, 0.5) is 18.9 Å². The van der Waals surface area contributed by atoms with E-state index >= 15 is 0 Å². The molecule has 0 saturated carbocycles. The fraction of sp³-hybridized carbons (Fsp3) is 0.227. The van der Waals surface area contributed by atoms with Crippen molar-refractivity contribution in [3.63, 3.8) is 0 Å². The van der Waals surface area contributed by atoms with Crippen LogP contribution in [0.15, 0.2) is 53.4 Å². The minimum absolute atomic E-state index is 0.250. The van der Waals surface area contributed by atoms with Crippen LogP contribution in [0.1, 0.15) is 30.0 Å². The van der Waals surface area contributed by atoms with Crippen LogP contribution < -0.4 is 14.8 Å². The number of carbonyl (C=O) groups is 2. The van der Waals surface area contributed by atoms with E-state index in [0.717, 1.165) is 11.9 Å². The van der Waals surface area contributed by atoms with Gasteiger partial charge in [-0.2, -0.15) is 0 Å². The maximum absolute atomic E-state index is 12.7. The Bertz CT molecular complexity index is 1200. The molecule has 2 amide bonds. The fourth-order valence-electron chi connectivity index (χ4n) is 3.59. The van der Waals surface area contributed by atoms with Crippen molar-refractivity contribution in [3.8, 4) is 5.75 Å². The van der Waals surface area contributed by atoms with Crippen molar-refractivity contribution in [2.75, 3.05) is 4.72 Å². The molecule has 1 aliphatic heterocycles. The largest absolute Gasteiger partial charge is 0.573 e. The smallest absolute Gasteiger partial charge is 0.405 e. The van der Waals surface area contributed by atoms with Gasteiger partial charge in [0.25, 0.3) is 0 Å². The van der Waals surface area contributed by atoms with Crippen molar-refractivity contribution in [2.45, 2.75) is 36.9 Å². The van der Waals surface area contributed by atoms with E-state index in [2.05, 4.69) is 19.8 Å². The molecule has 0 radical (unpaired) electrons. The SMILES string of the molecule is Cc1nc2cccc(NSc3ccccc3OC(F)(F)F)c2cc1C1CCC(=O)NC1=O. The molecule has 2 N–H and O–H groups in total. The number of fused-ring (bicyclic) bond motifs is 1. The Balaban J connectivity index is 1.65. The number of carbonyl (C=O) groups excluding carboxylic acids is 2. The number of halogens is 3. The summed E-state index contributed by atoms with van der Waals surface area (Å²) in [6, 6.07) is 13.0. The number of aromatic nitrogens is 1. The Morgan fingerprint density at radius 3 is 2.69 bits per heavy atom. The lowest BCUT2D eigenvalue weighted by molar-refractivity contribution is -0.275. The monoisotopic (exact) mass is 461 g/mol. The van der Waals surface area contributed by atoms with E-state index in [4.69, 9.17) is 0 Å². The average Bonchev–Trinajstić information content (AvgIpc) is 2.72. The Labute approximate surface area is 185 Å². The number of rotatable bonds is 5. The molecule has 2 heterocycles. The summed E-state index contributed by atoms with van der Waals surface area (Å²) < 4.78 is 45.3. The van der Waals surface area contributed by atoms with E-state index in [1.54, 1.807) is 25.1 Å². The summed E-state index contributed by atoms with van der Waals surface area (Å²) >= 11 is 0.975. The van der Waals surface area contributed by atoms with Crippen LogP contribution in [0.25, 0.3) is 10.9 Å². The molecule has 3 aromatic rings. The number of nitrogens with zero attached hydrogens (tertiary/aromatic N) is 1. The highest BCUT2D eigenvalue weighted by Crippen LogP contribution is 2.36. The third kappa shape index (κ3) is 4.80. The molecular weight excluding hydrogens is 443 g/mol. The first-order valence-corrected chi connectivity index (χ1v) is 10.5. The Hall–Kier alpha value is -3.27. The number of benzene rings is 2. The van der Waals surface area contributed by atoms with Crippen molar-refractivity contribution in [3.05, 3.63) is 59.8 Å². The van der Waals surface area contributed by atoms with Crippen molar-refractivity contribution >= 4 is 40.4 Å². The first kappa shape index (κ1) is 21.9. The van der Waals surface area contributed by atoms with Crippen LogP contribution in [0, 0.1) is 6.92 Å². The zero-order chi connectivity index (χ0) is 22.9. The Kier molecular flexibility index (Phi) is 5.96. The van der Waals surface area contributed by atoms with Crippen LogP contribution in [0.2, 0.25) is 0 Å². The van der Waals surface area contributed by atoms with E-state index in [-0.39, 0.29) is 28.9 Å². The molecule has 2 aromatic carbocycles. The molecule has 0 bridgehead atoms. The maximum atomic E-state index is 12.7. The summed E-state index contributed by atoms with van der Waals surface area (Å²) in [4.78, 5) is 28.7. The molecule has 0 spiro atoms. The number of anilines is 1. The lowest BCUT2D eigenvalue weighted by atomic mass is 9.88. The number of hydrogen-bond donors (Lipinski definition) is 2. The molecule has 1 unspecified atom stereocenters. The first-order chi connectivity index (χ1) is 15.2. The fourth-order valence-corrected chi connectivity index (χ4v) is 4.35. The second-order valence-corrected chi connectivity index (χ2v) is 8.09. The highest BCUT2D eigenvalue weighted by Gasteiger charge is 2.32. The van der Waals surface area contributed by atoms with Gasteiger partial charge in [-0.1, -0.05) is 18.2 Å². The van der Waals surface area contributed by atoms with Gasteiger partial charge in [-0.15, -0.1) is 13.2 Å². The minimum atomic E-state index is -4.80. The van der Waals surface area contributed by atoms with Crippen LogP contribution >= 0.6 is 11.9 Å². The predicted octanol–water partition coefficient (Wildman–Crippen LogP) is 5.08. The third-order valence-corrected chi connectivity index (χ3v) is 5.93. The predicted molar refractivity (Wildman–Crippen MR) is 114 cm³/mol. The van der Waals surface area contributed by atoms with Gasteiger partial charge in [0.1, 0.15) is 5.75 Å². The summed E-state index contributed by atoms with van der Waals surface area (Å²) in [5.41, 5.74) is 2.68. The van der Waals surface area contributed by atoms with Gasteiger partial charge in [-0.25, -0.2) is 0 Å². The molecule has 1 aliphatic rings. The summed E-state index contributed by atoms with van der Waals surface area (Å²) in [5.74, 6) is -1.46. The maximum Gasteiger partial charge on any atom is 0.573 e. The number of amides is 2. The quantitative estimate of drug-likeness (QED) is 0.407. The number of alkyl halides is 3. The molecule has 1 saturated heterocycles. The zero-order valence-electron chi connectivity index (χ0n) is 16.8. The van der Waals surface area contributed by atoms with E-state index < -0.39 is 12.3 Å². The highest BCUT2D eigenvalue weighted by molar-refractivity contribution is 8.00. The van der Waals surface area contributed by atoms with Crippen LogP contribution in [-0.2, 0) is 9.59 Å².